The lowest BCUT2D eigenvalue weighted by Crippen LogP contribution is -2.41. The molecule has 2 rings (SSSR count). The molecule has 0 radical (unpaired) electrons. The molecule has 0 aromatic carbocycles. The largest absolute Gasteiger partial charge is 0.388 e. The zero-order valence-corrected chi connectivity index (χ0v) is 10.5. The number of amides is 1. The predicted molar refractivity (Wildman–Crippen MR) is 67.6 cm³/mol. The van der Waals surface area contributed by atoms with Gasteiger partial charge in [-0.1, -0.05) is 12.8 Å². The highest BCUT2D eigenvalue weighted by Crippen LogP contribution is 2.28. The lowest BCUT2D eigenvalue weighted by Gasteiger charge is -2.22. The Bertz CT molecular complexity index is 501. The number of aromatic amines is 1. The molecule has 1 heterocycles. The maximum Gasteiger partial charge on any atom is 0.251 e. The monoisotopic (exact) mass is 250 g/mol. The molecule has 0 aliphatic heterocycles. The van der Waals surface area contributed by atoms with Crippen molar-refractivity contribution in [1.29, 1.82) is 0 Å². The molecule has 1 aliphatic carbocycles. The van der Waals surface area contributed by atoms with Gasteiger partial charge in [-0.05, 0) is 25.8 Å². The topological polar surface area (TPSA) is 82.2 Å². The molecule has 0 atom stereocenters. The summed E-state index contributed by atoms with van der Waals surface area (Å²) in [6, 6.07) is 2.89. The van der Waals surface area contributed by atoms with Crippen molar-refractivity contribution in [3.8, 4) is 0 Å². The van der Waals surface area contributed by atoms with Crippen LogP contribution < -0.4 is 10.9 Å². The van der Waals surface area contributed by atoms with E-state index in [1.165, 1.54) is 6.07 Å². The summed E-state index contributed by atoms with van der Waals surface area (Å²) < 4.78 is 0. The molecule has 0 unspecified atom stereocenters. The molecule has 1 fully saturated rings. The average Bonchev–Trinajstić information content (AvgIpc) is 2.72. The Labute approximate surface area is 105 Å². The number of hydrogen-bond donors (Lipinski definition) is 3. The van der Waals surface area contributed by atoms with Crippen LogP contribution in [0.25, 0.3) is 0 Å². The Kier molecular flexibility index (Phi) is 3.52. The van der Waals surface area contributed by atoms with Crippen molar-refractivity contribution in [2.45, 2.75) is 38.2 Å². The summed E-state index contributed by atoms with van der Waals surface area (Å²) in [5.74, 6) is -0.315. The summed E-state index contributed by atoms with van der Waals surface area (Å²) in [6.45, 7) is 1.97. The van der Waals surface area contributed by atoms with Crippen molar-refractivity contribution < 1.29 is 9.90 Å². The van der Waals surface area contributed by atoms with Gasteiger partial charge in [-0.15, -0.1) is 0 Å². The van der Waals surface area contributed by atoms with Gasteiger partial charge in [0.2, 0.25) is 5.56 Å². The molecular formula is C13H18N2O3. The molecule has 1 aromatic rings. The van der Waals surface area contributed by atoms with Crippen LogP contribution in [0.5, 0.6) is 0 Å². The molecule has 0 bridgehead atoms. The standard InChI is InChI=1S/C13H18N2O3/c1-9-6-10(7-11(16)15-9)12(17)14-8-13(18)4-2-3-5-13/h6-7,18H,2-5,8H2,1H3,(H,14,17)(H,15,16). The van der Waals surface area contributed by atoms with Crippen molar-refractivity contribution in [3.63, 3.8) is 0 Å². The van der Waals surface area contributed by atoms with Crippen LogP contribution in [0.4, 0.5) is 0 Å². The van der Waals surface area contributed by atoms with Crippen LogP contribution in [0.1, 0.15) is 41.7 Å². The minimum absolute atomic E-state index is 0.248. The zero-order chi connectivity index (χ0) is 13.2. The minimum Gasteiger partial charge on any atom is -0.388 e. The third-order valence-corrected chi connectivity index (χ3v) is 3.35. The average molecular weight is 250 g/mol. The van der Waals surface area contributed by atoms with Crippen LogP contribution in [0.2, 0.25) is 0 Å². The van der Waals surface area contributed by atoms with E-state index in [9.17, 15) is 14.7 Å². The third kappa shape index (κ3) is 2.98. The Morgan fingerprint density at radius 2 is 2.11 bits per heavy atom. The molecule has 5 heteroatoms. The van der Waals surface area contributed by atoms with Gasteiger partial charge in [0.05, 0.1) is 5.60 Å². The van der Waals surface area contributed by atoms with Crippen LogP contribution in [-0.2, 0) is 0 Å². The van der Waals surface area contributed by atoms with Gasteiger partial charge >= 0.3 is 0 Å². The normalized spacial score (nSPS) is 17.7. The van der Waals surface area contributed by atoms with Crippen molar-refractivity contribution in [2.75, 3.05) is 6.54 Å². The fraction of sp³-hybridized carbons (Fsp3) is 0.538. The van der Waals surface area contributed by atoms with Gasteiger partial charge in [0.25, 0.3) is 5.91 Å². The number of carbonyl (C=O) groups is 1. The van der Waals surface area contributed by atoms with E-state index in [-0.39, 0.29) is 18.0 Å². The smallest absolute Gasteiger partial charge is 0.251 e. The molecule has 3 N–H and O–H groups in total. The number of carbonyl (C=O) groups excluding carboxylic acids is 1. The molecule has 0 saturated heterocycles. The molecule has 5 nitrogen and oxygen atoms in total. The Morgan fingerprint density at radius 1 is 1.44 bits per heavy atom. The fourth-order valence-corrected chi connectivity index (χ4v) is 2.37. The van der Waals surface area contributed by atoms with E-state index >= 15 is 0 Å². The lowest BCUT2D eigenvalue weighted by atomic mass is 10.0. The summed E-state index contributed by atoms with van der Waals surface area (Å²) in [4.78, 5) is 25.7. The first-order chi connectivity index (χ1) is 8.48. The van der Waals surface area contributed by atoms with Gasteiger partial charge in [-0.25, -0.2) is 0 Å². The van der Waals surface area contributed by atoms with Crippen molar-refractivity contribution >= 4 is 5.91 Å². The lowest BCUT2D eigenvalue weighted by molar-refractivity contribution is 0.0449. The van der Waals surface area contributed by atoms with Crippen LogP contribution in [0, 0.1) is 6.92 Å². The number of hydrogen-bond acceptors (Lipinski definition) is 3. The second-order valence-electron chi connectivity index (χ2n) is 5.03. The quantitative estimate of drug-likeness (QED) is 0.739. The van der Waals surface area contributed by atoms with E-state index in [2.05, 4.69) is 10.3 Å². The number of aromatic nitrogens is 1. The molecule has 1 amide bonds. The highest BCUT2D eigenvalue weighted by molar-refractivity contribution is 5.94. The predicted octanol–water partition coefficient (Wildman–Crippen LogP) is 0.718. The second kappa shape index (κ2) is 4.94. The summed E-state index contributed by atoms with van der Waals surface area (Å²) in [7, 11) is 0. The van der Waals surface area contributed by atoms with Crippen molar-refractivity contribution in [3.05, 3.63) is 33.7 Å². The summed E-state index contributed by atoms with van der Waals surface area (Å²) in [5, 5.41) is 12.8. The minimum atomic E-state index is -0.772. The van der Waals surface area contributed by atoms with Crippen LogP contribution in [0.15, 0.2) is 16.9 Å². The molecule has 18 heavy (non-hydrogen) atoms. The molecule has 1 saturated carbocycles. The third-order valence-electron chi connectivity index (χ3n) is 3.35. The van der Waals surface area contributed by atoms with Crippen LogP contribution in [0.3, 0.4) is 0 Å². The van der Waals surface area contributed by atoms with Crippen molar-refractivity contribution in [2.24, 2.45) is 0 Å². The molecule has 98 valence electrons. The van der Waals surface area contributed by atoms with Gasteiger partial charge in [-0.3, -0.25) is 9.59 Å². The zero-order valence-electron chi connectivity index (χ0n) is 10.5. The van der Waals surface area contributed by atoms with Crippen LogP contribution >= 0.6 is 0 Å². The number of pyridine rings is 1. The number of nitrogens with one attached hydrogen (secondary N) is 2. The maximum atomic E-state index is 11.9. The highest BCUT2D eigenvalue weighted by atomic mass is 16.3. The molecule has 1 aliphatic rings. The second-order valence-corrected chi connectivity index (χ2v) is 5.03. The van der Waals surface area contributed by atoms with E-state index in [0.717, 1.165) is 25.7 Å². The maximum absolute atomic E-state index is 11.9. The molecular weight excluding hydrogens is 232 g/mol. The van der Waals surface area contributed by atoms with Gasteiger partial charge in [0, 0.05) is 23.9 Å². The number of rotatable bonds is 3. The van der Waals surface area contributed by atoms with E-state index in [1.54, 1.807) is 13.0 Å². The number of aliphatic hydroxyl groups is 1. The SMILES string of the molecule is Cc1cc(C(=O)NCC2(O)CCCC2)cc(=O)[nH]1. The summed E-state index contributed by atoms with van der Waals surface area (Å²) >= 11 is 0. The van der Waals surface area contributed by atoms with Gasteiger partial charge in [0.15, 0.2) is 0 Å². The molecule has 1 aromatic heterocycles. The number of aryl methyl sites for hydroxylation is 1. The van der Waals surface area contributed by atoms with E-state index in [1.807, 2.05) is 0 Å². The molecule has 0 spiro atoms. The van der Waals surface area contributed by atoms with Gasteiger partial charge in [0.1, 0.15) is 0 Å². The van der Waals surface area contributed by atoms with Crippen LogP contribution in [-0.4, -0.2) is 28.1 Å². The van der Waals surface area contributed by atoms with E-state index in [4.69, 9.17) is 0 Å². The Hall–Kier alpha value is -1.62. The highest BCUT2D eigenvalue weighted by Gasteiger charge is 2.31. The Morgan fingerprint density at radius 3 is 2.72 bits per heavy atom. The Balaban J connectivity index is 2.01. The van der Waals surface area contributed by atoms with E-state index < -0.39 is 5.60 Å². The first-order valence-corrected chi connectivity index (χ1v) is 6.20. The van der Waals surface area contributed by atoms with Crippen molar-refractivity contribution in [1.82, 2.24) is 10.3 Å². The fourth-order valence-electron chi connectivity index (χ4n) is 2.37. The van der Waals surface area contributed by atoms with Gasteiger partial charge in [-0.2, -0.15) is 0 Å². The first-order valence-electron chi connectivity index (χ1n) is 6.20. The first kappa shape index (κ1) is 12.8. The van der Waals surface area contributed by atoms with E-state index in [0.29, 0.717) is 11.3 Å². The number of H-pyrrole nitrogens is 1. The summed E-state index contributed by atoms with van der Waals surface area (Å²) in [5.41, 5.74) is -0.0869. The van der Waals surface area contributed by atoms with Gasteiger partial charge < -0.3 is 15.4 Å². The summed E-state index contributed by atoms with van der Waals surface area (Å²) in [6.07, 6.45) is 3.44.